The first-order valence-corrected chi connectivity index (χ1v) is 10.6. The summed E-state index contributed by atoms with van der Waals surface area (Å²) in [6.07, 6.45) is 1.64. The number of nitrogens with zero attached hydrogens (tertiary/aromatic N) is 1. The van der Waals surface area contributed by atoms with E-state index >= 15 is 0 Å². The molecular weight excluding hydrogens is 509 g/mol. The van der Waals surface area contributed by atoms with Crippen molar-refractivity contribution in [2.24, 2.45) is 4.99 Å². The molecule has 2 amide bonds. The molecule has 0 unspecified atom stereocenters. The van der Waals surface area contributed by atoms with Crippen LogP contribution in [0.2, 0.25) is 0 Å². The minimum absolute atomic E-state index is 0. The number of halogens is 1. The third kappa shape index (κ3) is 14.6. The standard InChI is InChI=1S/C22H37N5O3.HI/c1-6-14-24-19(28)13-16-26-20(23-7-2)25-15-12-17-8-10-18(11-9-17)27-21(29)30-22(3,4)5;/h8-11H,6-7,12-16H2,1-5H3,(H,24,28)(H,27,29)(H2,23,25,26);1H. The van der Waals surface area contributed by atoms with Crippen molar-refractivity contribution in [3.63, 3.8) is 0 Å². The van der Waals surface area contributed by atoms with Crippen LogP contribution in [0.5, 0.6) is 0 Å². The van der Waals surface area contributed by atoms with Crippen molar-refractivity contribution < 1.29 is 14.3 Å². The molecule has 0 spiro atoms. The second-order valence-corrected chi connectivity index (χ2v) is 7.86. The molecular formula is C22H38IN5O3. The molecule has 0 radical (unpaired) electrons. The van der Waals surface area contributed by atoms with Crippen LogP contribution in [0.15, 0.2) is 29.3 Å². The molecule has 176 valence electrons. The minimum Gasteiger partial charge on any atom is -0.444 e. The van der Waals surface area contributed by atoms with Crippen LogP contribution in [0.3, 0.4) is 0 Å². The normalized spacial score (nSPS) is 11.2. The number of aliphatic imine (C=N–C) groups is 1. The third-order valence-corrected chi connectivity index (χ3v) is 3.83. The maximum Gasteiger partial charge on any atom is 0.412 e. The highest BCUT2D eigenvalue weighted by Crippen LogP contribution is 2.13. The fraction of sp³-hybridized carbons (Fsp3) is 0.591. The van der Waals surface area contributed by atoms with E-state index in [0.717, 1.165) is 24.9 Å². The van der Waals surface area contributed by atoms with Gasteiger partial charge in [-0.15, -0.1) is 24.0 Å². The first-order valence-electron chi connectivity index (χ1n) is 10.6. The molecule has 0 bridgehead atoms. The van der Waals surface area contributed by atoms with Crippen LogP contribution in [0.4, 0.5) is 10.5 Å². The fourth-order valence-corrected chi connectivity index (χ4v) is 2.47. The Morgan fingerprint density at radius 1 is 1.00 bits per heavy atom. The molecule has 0 aliphatic carbocycles. The Labute approximate surface area is 203 Å². The maximum absolute atomic E-state index is 11.8. The number of ether oxygens (including phenoxy) is 1. The van der Waals surface area contributed by atoms with Gasteiger partial charge in [-0.3, -0.25) is 15.1 Å². The second-order valence-electron chi connectivity index (χ2n) is 7.86. The number of benzene rings is 1. The smallest absolute Gasteiger partial charge is 0.412 e. The van der Waals surface area contributed by atoms with Gasteiger partial charge in [0.25, 0.3) is 0 Å². The van der Waals surface area contributed by atoms with E-state index in [1.807, 2.05) is 58.9 Å². The van der Waals surface area contributed by atoms with Crippen LogP contribution in [0.1, 0.15) is 53.0 Å². The number of amides is 2. The van der Waals surface area contributed by atoms with Gasteiger partial charge in [0.1, 0.15) is 5.60 Å². The van der Waals surface area contributed by atoms with Gasteiger partial charge in [-0.05, 0) is 58.2 Å². The zero-order valence-electron chi connectivity index (χ0n) is 19.3. The lowest BCUT2D eigenvalue weighted by Gasteiger charge is -2.19. The monoisotopic (exact) mass is 547 g/mol. The van der Waals surface area contributed by atoms with Gasteiger partial charge in [-0.25, -0.2) is 4.79 Å². The van der Waals surface area contributed by atoms with Gasteiger partial charge >= 0.3 is 6.09 Å². The summed E-state index contributed by atoms with van der Waals surface area (Å²) in [6.45, 7) is 12.1. The average molecular weight is 547 g/mol. The number of carbonyl (C=O) groups is 2. The quantitative estimate of drug-likeness (QED) is 0.203. The summed E-state index contributed by atoms with van der Waals surface area (Å²) >= 11 is 0. The van der Waals surface area contributed by atoms with Gasteiger partial charge in [-0.2, -0.15) is 0 Å². The molecule has 0 saturated carbocycles. The van der Waals surface area contributed by atoms with Crippen molar-refractivity contribution in [3.05, 3.63) is 29.8 Å². The van der Waals surface area contributed by atoms with E-state index < -0.39 is 11.7 Å². The average Bonchev–Trinajstić information content (AvgIpc) is 2.66. The van der Waals surface area contributed by atoms with Gasteiger partial charge in [0, 0.05) is 31.7 Å². The van der Waals surface area contributed by atoms with Crippen LogP contribution in [-0.2, 0) is 16.0 Å². The van der Waals surface area contributed by atoms with Crippen molar-refractivity contribution in [3.8, 4) is 0 Å². The van der Waals surface area contributed by atoms with Gasteiger partial charge < -0.3 is 20.7 Å². The SMILES string of the molecule is CCCNC(=O)CCN=C(NCC)NCCc1ccc(NC(=O)OC(C)(C)C)cc1.I. The highest BCUT2D eigenvalue weighted by atomic mass is 127. The Balaban J connectivity index is 0.00000900. The number of carbonyl (C=O) groups excluding carboxylic acids is 2. The van der Waals surface area contributed by atoms with E-state index in [1.54, 1.807) is 0 Å². The predicted molar refractivity (Wildman–Crippen MR) is 137 cm³/mol. The molecule has 1 rings (SSSR count). The highest BCUT2D eigenvalue weighted by molar-refractivity contribution is 14.0. The Morgan fingerprint density at radius 2 is 1.68 bits per heavy atom. The summed E-state index contributed by atoms with van der Waals surface area (Å²) in [5, 5.41) is 12.0. The molecule has 8 nitrogen and oxygen atoms in total. The molecule has 1 aromatic rings. The summed E-state index contributed by atoms with van der Waals surface area (Å²) in [7, 11) is 0. The lowest BCUT2D eigenvalue weighted by molar-refractivity contribution is -0.120. The third-order valence-electron chi connectivity index (χ3n) is 3.83. The van der Waals surface area contributed by atoms with E-state index in [4.69, 9.17) is 4.74 Å². The number of anilines is 1. The maximum atomic E-state index is 11.8. The minimum atomic E-state index is -0.527. The first-order chi connectivity index (χ1) is 14.2. The van der Waals surface area contributed by atoms with E-state index in [2.05, 4.69) is 26.3 Å². The molecule has 0 saturated heterocycles. The number of guanidine groups is 1. The largest absolute Gasteiger partial charge is 0.444 e. The predicted octanol–water partition coefficient (Wildman–Crippen LogP) is 3.67. The van der Waals surface area contributed by atoms with E-state index in [9.17, 15) is 9.59 Å². The van der Waals surface area contributed by atoms with Gasteiger partial charge in [0.15, 0.2) is 5.96 Å². The molecule has 0 aliphatic heterocycles. The van der Waals surface area contributed by atoms with E-state index in [0.29, 0.717) is 37.7 Å². The fourth-order valence-electron chi connectivity index (χ4n) is 2.47. The Bertz CT molecular complexity index is 687. The molecule has 0 aliphatic rings. The zero-order valence-corrected chi connectivity index (χ0v) is 21.7. The molecule has 31 heavy (non-hydrogen) atoms. The van der Waals surface area contributed by atoms with Crippen molar-refractivity contribution in [2.75, 3.05) is 31.5 Å². The summed E-state index contributed by atoms with van der Waals surface area (Å²) in [5.74, 6) is 0.723. The highest BCUT2D eigenvalue weighted by Gasteiger charge is 2.16. The zero-order chi connectivity index (χ0) is 22.4. The Kier molecular flexibility index (Phi) is 14.7. The number of rotatable bonds is 10. The number of nitrogens with one attached hydrogen (secondary N) is 4. The number of hydrogen-bond acceptors (Lipinski definition) is 4. The van der Waals surface area contributed by atoms with E-state index in [1.165, 1.54) is 0 Å². The van der Waals surface area contributed by atoms with Crippen LogP contribution >= 0.6 is 24.0 Å². The summed E-state index contributed by atoms with van der Waals surface area (Å²) in [6, 6.07) is 7.65. The molecule has 0 aromatic heterocycles. The van der Waals surface area contributed by atoms with Crippen LogP contribution in [0.25, 0.3) is 0 Å². The van der Waals surface area contributed by atoms with E-state index in [-0.39, 0.29) is 29.9 Å². The molecule has 0 fully saturated rings. The van der Waals surface area contributed by atoms with Crippen molar-refractivity contribution in [1.82, 2.24) is 16.0 Å². The van der Waals surface area contributed by atoms with Crippen molar-refractivity contribution in [1.29, 1.82) is 0 Å². The molecule has 9 heteroatoms. The molecule has 0 heterocycles. The van der Waals surface area contributed by atoms with Gasteiger partial charge in [-0.1, -0.05) is 19.1 Å². The van der Waals surface area contributed by atoms with Crippen molar-refractivity contribution >= 4 is 47.6 Å². The lowest BCUT2D eigenvalue weighted by atomic mass is 10.1. The molecule has 1 aromatic carbocycles. The molecule has 4 N–H and O–H groups in total. The van der Waals surface area contributed by atoms with Crippen LogP contribution in [0, 0.1) is 0 Å². The number of hydrogen-bond donors (Lipinski definition) is 4. The second kappa shape index (κ2) is 15.7. The van der Waals surface area contributed by atoms with Crippen molar-refractivity contribution in [2.45, 2.75) is 59.5 Å². The summed E-state index contributed by atoms with van der Waals surface area (Å²) in [5.41, 5.74) is 1.30. The summed E-state index contributed by atoms with van der Waals surface area (Å²) < 4.78 is 5.25. The lowest BCUT2D eigenvalue weighted by Crippen LogP contribution is -2.38. The first kappa shape index (κ1) is 29.0. The van der Waals surface area contributed by atoms with Crippen LogP contribution < -0.4 is 21.3 Å². The van der Waals surface area contributed by atoms with Gasteiger partial charge in [0.2, 0.25) is 5.91 Å². The van der Waals surface area contributed by atoms with Gasteiger partial charge in [0.05, 0.1) is 6.54 Å². The molecule has 0 atom stereocenters. The summed E-state index contributed by atoms with van der Waals surface area (Å²) in [4.78, 5) is 27.9. The van der Waals surface area contributed by atoms with Crippen LogP contribution in [-0.4, -0.2) is 49.7 Å². The Morgan fingerprint density at radius 3 is 2.26 bits per heavy atom. The topological polar surface area (TPSA) is 104 Å². The Hall–Kier alpha value is -2.04.